The van der Waals surface area contributed by atoms with E-state index in [9.17, 15) is 0 Å². The summed E-state index contributed by atoms with van der Waals surface area (Å²) in [6.45, 7) is 9.82. The van der Waals surface area contributed by atoms with Gasteiger partial charge in [-0.2, -0.15) is 0 Å². The molecule has 0 spiro atoms. The van der Waals surface area contributed by atoms with Gasteiger partial charge in [0.2, 0.25) is 0 Å². The zero-order chi connectivity index (χ0) is 15.2. The predicted octanol–water partition coefficient (Wildman–Crippen LogP) is 5.13. The Bertz CT molecular complexity index is 565. The monoisotopic (exact) mass is 299 g/mol. The van der Waals surface area contributed by atoms with E-state index in [-0.39, 0.29) is 0 Å². The summed E-state index contributed by atoms with van der Waals surface area (Å²) in [5.74, 6) is 0. The summed E-state index contributed by atoms with van der Waals surface area (Å²) >= 11 is 1.96. The van der Waals surface area contributed by atoms with Crippen molar-refractivity contribution in [3.63, 3.8) is 0 Å². The van der Waals surface area contributed by atoms with Crippen molar-refractivity contribution in [2.24, 2.45) is 0 Å². The molecule has 2 aromatic rings. The number of hydrogen-bond donors (Lipinski definition) is 1. The van der Waals surface area contributed by atoms with Crippen molar-refractivity contribution in [1.29, 1.82) is 0 Å². The third-order valence-corrected chi connectivity index (χ3v) is 5.05. The molecule has 0 heterocycles. The van der Waals surface area contributed by atoms with Crippen LogP contribution in [0.25, 0.3) is 0 Å². The molecule has 2 rings (SSSR count). The van der Waals surface area contributed by atoms with Crippen molar-refractivity contribution in [2.45, 2.75) is 43.9 Å². The first-order valence-corrected chi connectivity index (χ1v) is 8.52. The van der Waals surface area contributed by atoms with Crippen LogP contribution in [0.15, 0.2) is 53.4 Å². The molecule has 112 valence electrons. The standard InChI is InChI=1S/C19H25NS/c1-5-20-19(17-9-7-6-8-10-17)16(4)21-18-13-14(2)11-12-15(18)3/h6-13,16,19-20H,5H2,1-4H3. The quantitative estimate of drug-likeness (QED) is 0.742. The average Bonchev–Trinajstić information content (AvgIpc) is 2.49. The Balaban J connectivity index is 2.19. The van der Waals surface area contributed by atoms with Gasteiger partial charge in [0.15, 0.2) is 0 Å². The van der Waals surface area contributed by atoms with E-state index < -0.39 is 0 Å². The molecule has 2 unspecified atom stereocenters. The minimum atomic E-state index is 0.376. The molecule has 0 saturated carbocycles. The minimum absolute atomic E-state index is 0.376. The lowest BCUT2D eigenvalue weighted by Crippen LogP contribution is -2.28. The smallest absolute Gasteiger partial charge is 0.0441 e. The molecule has 1 N–H and O–H groups in total. The first-order chi connectivity index (χ1) is 10.1. The van der Waals surface area contributed by atoms with Gasteiger partial charge in [-0.1, -0.05) is 61.9 Å². The van der Waals surface area contributed by atoms with E-state index in [4.69, 9.17) is 0 Å². The highest BCUT2D eigenvalue weighted by atomic mass is 32.2. The summed E-state index contributed by atoms with van der Waals surface area (Å²) < 4.78 is 0. The molecule has 0 saturated heterocycles. The van der Waals surface area contributed by atoms with E-state index in [2.05, 4.69) is 81.5 Å². The lowest BCUT2D eigenvalue weighted by Gasteiger charge is -2.25. The molecule has 0 radical (unpaired) electrons. The Hall–Kier alpha value is -1.25. The van der Waals surface area contributed by atoms with Gasteiger partial charge in [-0.05, 0) is 37.6 Å². The van der Waals surface area contributed by atoms with E-state index in [1.165, 1.54) is 21.6 Å². The maximum atomic E-state index is 3.63. The van der Waals surface area contributed by atoms with Gasteiger partial charge in [-0.15, -0.1) is 11.8 Å². The SMILES string of the molecule is CCNC(c1ccccc1)C(C)Sc1cc(C)ccc1C. The maximum Gasteiger partial charge on any atom is 0.0441 e. The number of thioether (sulfide) groups is 1. The maximum absolute atomic E-state index is 3.63. The van der Waals surface area contributed by atoms with Crippen LogP contribution in [0, 0.1) is 13.8 Å². The lowest BCUT2D eigenvalue weighted by molar-refractivity contribution is 0.548. The second kappa shape index (κ2) is 7.67. The van der Waals surface area contributed by atoms with Crippen LogP contribution in [0.1, 0.15) is 36.6 Å². The van der Waals surface area contributed by atoms with Gasteiger partial charge in [0.05, 0.1) is 0 Å². The average molecular weight is 299 g/mol. The predicted molar refractivity (Wildman–Crippen MR) is 94.1 cm³/mol. The van der Waals surface area contributed by atoms with Gasteiger partial charge in [-0.3, -0.25) is 0 Å². The molecule has 0 aliphatic rings. The van der Waals surface area contributed by atoms with Crippen LogP contribution >= 0.6 is 11.8 Å². The molecule has 2 aromatic carbocycles. The fourth-order valence-electron chi connectivity index (χ4n) is 2.54. The van der Waals surface area contributed by atoms with Gasteiger partial charge >= 0.3 is 0 Å². The van der Waals surface area contributed by atoms with Crippen molar-refractivity contribution in [3.8, 4) is 0 Å². The van der Waals surface area contributed by atoms with Gasteiger partial charge in [-0.25, -0.2) is 0 Å². The van der Waals surface area contributed by atoms with Crippen molar-refractivity contribution in [3.05, 3.63) is 65.2 Å². The first-order valence-electron chi connectivity index (χ1n) is 7.64. The molecule has 0 aliphatic carbocycles. The van der Waals surface area contributed by atoms with Crippen molar-refractivity contribution < 1.29 is 0 Å². The Kier molecular flexibility index (Phi) is 5.89. The van der Waals surface area contributed by atoms with Gasteiger partial charge in [0.1, 0.15) is 0 Å². The van der Waals surface area contributed by atoms with Gasteiger partial charge in [0.25, 0.3) is 0 Å². The molecular formula is C19H25NS. The summed E-state index contributed by atoms with van der Waals surface area (Å²) in [7, 11) is 0. The normalized spacial score (nSPS) is 13.9. The summed E-state index contributed by atoms with van der Waals surface area (Å²) in [4.78, 5) is 1.39. The topological polar surface area (TPSA) is 12.0 Å². The fraction of sp³-hybridized carbons (Fsp3) is 0.368. The highest BCUT2D eigenvalue weighted by Gasteiger charge is 2.19. The number of hydrogen-bond acceptors (Lipinski definition) is 2. The zero-order valence-electron chi connectivity index (χ0n) is 13.4. The van der Waals surface area contributed by atoms with Gasteiger partial charge in [0, 0.05) is 16.2 Å². The Labute approximate surface area is 133 Å². The number of aryl methyl sites for hydroxylation is 2. The summed E-state index contributed by atoms with van der Waals surface area (Å²) in [5, 5.41) is 4.11. The third kappa shape index (κ3) is 4.36. The van der Waals surface area contributed by atoms with Crippen LogP contribution in [0.5, 0.6) is 0 Å². The van der Waals surface area contributed by atoms with Crippen LogP contribution in [-0.2, 0) is 0 Å². The summed E-state index contributed by atoms with van der Waals surface area (Å²) in [6.07, 6.45) is 0. The summed E-state index contributed by atoms with van der Waals surface area (Å²) in [6, 6.07) is 17.8. The molecule has 0 bridgehead atoms. The van der Waals surface area contributed by atoms with Crippen LogP contribution in [-0.4, -0.2) is 11.8 Å². The molecule has 2 heteroatoms. The van der Waals surface area contributed by atoms with E-state index in [1.807, 2.05) is 11.8 Å². The summed E-state index contributed by atoms with van der Waals surface area (Å²) in [5.41, 5.74) is 4.06. The third-order valence-electron chi connectivity index (χ3n) is 3.71. The Morgan fingerprint density at radius 3 is 2.43 bits per heavy atom. The Morgan fingerprint density at radius 1 is 1.05 bits per heavy atom. The van der Waals surface area contributed by atoms with Crippen LogP contribution in [0.2, 0.25) is 0 Å². The number of benzene rings is 2. The molecule has 1 nitrogen and oxygen atoms in total. The molecule has 0 fully saturated rings. The molecule has 2 atom stereocenters. The minimum Gasteiger partial charge on any atom is -0.309 e. The molecule has 21 heavy (non-hydrogen) atoms. The first kappa shape index (κ1) is 16.1. The zero-order valence-corrected chi connectivity index (χ0v) is 14.2. The molecule has 0 amide bonds. The highest BCUT2D eigenvalue weighted by molar-refractivity contribution is 8.00. The highest BCUT2D eigenvalue weighted by Crippen LogP contribution is 2.34. The molecule has 0 aromatic heterocycles. The van der Waals surface area contributed by atoms with Gasteiger partial charge < -0.3 is 5.32 Å². The fourth-order valence-corrected chi connectivity index (χ4v) is 3.84. The van der Waals surface area contributed by atoms with Crippen LogP contribution < -0.4 is 5.32 Å². The largest absolute Gasteiger partial charge is 0.309 e. The van der Waals surface area contributed by atoms with E-state index in [0.29, 0.717) is 11.3 Å². The molecular weight excluding hydrogens is 274 g/mol. The molecule has 0 aliphatic heterocycles. The van der Waals surface area contributed by atoms with Crippen LogP contribution in [0.4, 0.5) is 0 Å². The van der Waals surface area contributed by atoms with E-state index in [1.54, 1.807) is 0 Å². The number of nitrogens with one attached hydrogen (secondary N) is 1. The number of rotatable bonds is 6. The van der Waals surface area contributed by atoms with E-state index >= 15 is 0 Å². The lowest BCUT2D eigenvalue weighted by atomic mass is 10.0. The van der Waals surface area contributed by atoms with Crippen molar-refractivity contribution in [2.75, 3.05) is 6.54 Å². The van der Waals surface area contributed by atoms with Crippen molar-refractivity contribution in [1.82, 2.24) is 5.32 Å². The van der Waals surface area contributed by atoms with Crippen LogP contribution in [0.3, 0.4) is 0 Å². The van der Waals surface area contributed by atoms with E-state index in [0.717, 1.165) is 6.54 Å². The van der Waals surface area contributed by atoms with Crippen molar-refractivity contribution >= 4 is 11.8 Å². The Morgan fingerprint density at radius 2 is 1.76 bits per heavy atom. The second-order valence-electron chi connectivity index (χ2n) is 5.54. The second-order valence-corrected chi connectivity index (χ2v) is 6.96.